The van der Waals surface area contributed by atoms with E-state index in [0.717, 1.165) is 43.8 Å². The topological polar surface area (TPSA) is 24.9 Å². The predicted octanol–water partition coefficient (Wildman–Crippen LogP) is 4.58. The summed E-state index contributed by atoms with van der Waals surface area (Å²) >= 11 is 0. The zero-order valence-corrected chi connectivity index (χ0v) is 17.8. The number of rotatable bonds is 5. The summed E-state index contributed by atoms with van der Waals surface area (Å²) in [6.07, 6.45) is -2.69. The highest BCUT2D eigenvalue weighted by Crippen LogP contribution is 2.37. The molecule has 0 bridgehead atoms. The van der Waals surface area contributed by atoms with Crippen molar-refractivity contribution in [3.05, 3.63) is 65.2 Å². The van der Waals surface area contributed by atoms with E-state index in [-0.39, 0.29) is 6.54 Å². The molecule has 4 rings (SSSR count). The minimum atomic E-state index is -4.36. The normalized spacial score (nSPS) is 19.6. The average Bonchev–Trinajstić information content (AvgIpc) is 2.89. The molecule has 1 saturated heterocycles. The van der Waals surface area contributed by atoms with Crippen LogP contribution in [0.1, 0.15) is 29.5 Å². The first-order valence-corrected chi connectivity index (χ1v) is 10.7. The largest absolute Gasteiger partial charge is 0.486 e. The van der Waals surface area contributed by atoms with Crippen molar-refractivity contribution in [2.75, 3.05) is 39.9 Å². The Morgan fingerprint density at radius 2 is 1.71 bits per heavy atom. The van der Waals surface area contributed by atoms with Gasteiger partial charge in [-0.25, -0.2) is 0 Å². The van der Waals surface area contributed by atoms with Crippen molar-refractivity contribution in [2.24, 2.45) is 0 Å². The Hall–Kier alpha value is -2.09. The number of likely N-dealkylation sites (tertiary alicyclic amines) is 1. The molecule has 2 aliphatic heterocycles. The maximum atomic E-state index is 13.6. The summed E-state index contributed by atoms with van der Waals surface area (Å²) in [4.78, 5) is 4.47. The number of piperidine rings is 1. The van der Waals surface area contributed by atoms with Crippen LogP contribution >= 0.6 is 0 Å². The van der Waals surface area contributed by atoms with E-state index in [2.05, 4.69) is 9.80 Å². The van der Waals surface area contributed by atoms with E-state index >= 15 is 0 Å². The second-order valence-corrected chi connectivity index (χ2v) is 8.53. The third-order valence-corrected chi connectivity index (χ3v) is 6.30. The van der Waals surface area contributed by atoms with Gasteiger partial charge in [-0.2, -0.15) is 13.2 Å². The minimum Gasteiger partial charge on any atom is -0.486 e. The number of fused-ring (bicyclic) bond motifs is 1. The summed E-state index contributed by atoms with van der Waals surface area (Å²) < 4.78 is 52.4. The third-order valence-electron chi connectivity index (χ3n) is 6.30. The Morgan fingerprint density at radius 1 is 1.00 bits per heavy atom. The highest BCUT2D eigenvalue weighted by molar-refractivity contribution is 5.36. The van der Waals surface area contributed by atoms with E-state index in [1.54, 1.807) is 19.2 Å². The average molecular weight is 435 g/mol. The van der Waals surface area contributed by atoms with Crippen molar-refractivity contribution < 1.29 is 22.6 Å². The lowest BCUT2D eigenvalue weighted by Gasteiger charge is -2.43. The van der Waals surface area contributed by atoms with Crippen LogP contribution in [-0.4, -0.2) is 55.3 Å². The van der Waals surface area contributed by atoms with E-state index in [1.807, 2.05) is 24.3 Å². The van der Waals surface area contributed by atoms with Gasteiger partial charge >= 0.3 is 6.18 Å². The van der Waals surface area contributed by atoms with E-state index in [9.17, 15) is 13.2 Å². The summed E-state index contributed by atoms with van der Waals surface area (Å²) in [6.45, 7) is 4.76. The standard InChI is InChI=1S/C24H29F3N2O2/c1-30-15-14-28-12-10-23(11-13-28)18-29(17-20-7-3-5-9-22(20)31-23)16-19-6-2-4-8-21(19)24(25,26)27/h2-9H,10-18H2,1H3. The number of hydrogen-bond donors (Lipinski definition) is 0. The molecule has 2 aromatic carbocycles. The van der Waals surface area contributed by atoms with Gasteiger partial charge in [0, 0.05) is 64.8 Å². The fraction of sp³-hybridized carbons (Fsp3) is 0.500. The molecule has 0 amide bonds. The summed E-state index contributed by atoms with van der Waals surface area (Å²) in [6, 6.07) is 13.8. The number of hydrogen-bond acceptors (Lipinski definition) is 4. The maximum Gasteiger partial charge on any atom is 0.416 e. The molecular weight excluding hydrogens is 405 g/mol. The van der Waals surface area contributed by atoms with Crippen molar-refractivity contribution in [3.8, 4) is 5.75 Å². The van der Waals surface area contributed by atoms with Gasteiger partial charge in [0.2, 0.25) is 0 Å². The van der Waals surface area contributed by atoms with Gasteiger partial charge in [-0.3, -0.25) is 4.90 Å². The molecule has 1 fully saturated rings. The molecule has 31 heavy (non-hydrogen) atoms. The van der Waals surface area contributed by atoms with E-state index in [0.29, 0.717) is 25.3 Å². The van der Waals surface area contributed by atoms with Crippen LogP contribution < -0.4 is 4.74 Å². The molecule has 0 unspecified atom stereocenters. The molecular formula is C24H29F3N2O2. The van der Waals surface area contributed by atoms with Crippen LogP contribution in [0.15, 0.2) is 48.5 Å². The molecule has 168 valence electrons. The van der Waals surface area contributed by atoms with Gasteiger partial charge in [0.25, 0.3) is 0 Å². The van der Waals surface area contributed by atoms with Crippen LogP contribution in [0.5, 0.6) is 5.75 Å². The highest BCUT2D eigenvalue weighted by Gasteiger charge is 2.41. The van der Waals surface area contributed by atoms with Crippen LogP contribution in [0.4, 0.5) is 13.2 Å². The summed E-state index contributed by atoms with van der Waals surface area (Å²) in [5.41, 5.74) is 0.369. The quantitative estimate of drug-likeness (QED) is 0.688. The van der Waals surface area contributed by atoms with Gasteiger partial charge in [-0.1, -0.05) is 36.4 Å². The summed E-state index contributed by atoms with van der Waals surface area (Å²) in [5, 5.41) is 0. The summed E-state index contributed by atoms with van der Waals surface area (Å²) in [7, 11) is 1.70. The van der Waals surface area contributed by atoms with Crippen LogP contribution in [0.3, 0.4) is 0 Å². The first-order valence-electron chi connectivity index (χ1n) is 10.7. The first kappa shape index (κ1) is 22.1. The SMILES string of the molecule is COCCN1CCC2(CC1)CN(Cc1ccccc1C(F)(F)F)Cc1ccccc1O2. The molecule has 2 aliphatic rings. The Bertz CT molecular complexity index is 879. The number of nitrogens with zero attached hydrogens (tertiary/aromatic N) is 2. The van der Waals surface area contributed by atoms with Crippen molar-refractivity contribution in [1.82, 2.24) is 9.80 Å². The highest BCUT2D eigenvalue weighted by atomic mass is 19.4. The van der Waals surface area contributed by atoms with Crippen LogP contribution in [0.2, 0.25) is 0 Å². The molecule has 7 heteroatoms. The van der Waals surface area contributed by atoms with E-state index < -0.39 is 17.3 Å². The molecule has 0 aliphatic carbocycles. The zero-order valence-electron chi connectivity index (χ0n) is 17.8. The molecule has 0 aromatic heterocycles. The van der Waals surface area contributed by atoms with Gasteiger partial charge in [0.1, 0.15) is 11.4 Å². The molecule has 2 heterocycles. The molecule has 4 nitrogen and oxygen atoms in total. The number of halogens is 3. The van der Waals surface area contributed by atoms with Gasteiger partial charge in [-0.15, -0.1) is 0 Å². The van der Waals surface area contributed by atoms with Gasteiger partial charge in [-0.05, 0) is 17.7 Å². The van der Waals surface area contributed by atoms with E-state index in [4.69, 9.17) is 9.47 Å². The fourth-order valence-electron chi connectivity index (χ4n) is 4.66. The first-order chi connectivity index (χ1) is 14.9. The Kier molecular flexibility index (Phi) is 6.55. The smallest absolute Gasteiger partial charge is 0.416 e. The monoisotopic (exact) mass is 434 g/mol. The molecule has 0 radical (unpaired) electrons. The number of benzene rings is 2. The number of alkyl halides is 3. The van der Waals surface area contributed by atoms with Gasteiger partial charge in [0.15, 0.2) is 0 Å². The predicted molar refractivity (Wildman–Crippen MR) is 113 cm³/mol. The molecule has 2 aromatic rings. The number of para-hydroxylation sites is 1. The summed E-state index contributed by atoms with van der Waals surface area (Å²) in [5.74, 6) is 0.847. The van der Waals surface area contributed by atoms with Crippen molar-refractivity contribution in [1.29, 1.82) is 0 Å². The zero-order chi connectivity index (χ0) is 21.9. The lowest BCUT2D eigenvalue weighted by Crippen LogP contribution is -2.53. The number of methoxy groups -OCH3 is 1. The molecule has 1 spiro atoms. The van der Waals surface area contributed by atoms with E-state index in [1.165, 1.54) is 12.1 Å². The van der Waals surface area contributed by atoms with Crippen LogP contribution in [0, 0.1) is 0 Å². The third kappa shape index (κ3) is 5.22. The molecule has 0 saturated carbocycles. The Morgan fingerprint density at radius 3 is 2.45 bits per heavy atom. The van der Waals surface area contributed by atoms with Crippen LogP contribution in [-0.2, 0) is 24.0 Å². The molecule has 0 atom stereocenters. The maximum absolute atomic E-state index is 13.6. The van der Waals surface area contributed by atoms with Crippen molar-refractivity contribution in [3.63, 3.8) is 0 Å². The Balaban J connectivity index is 1.58. The minimum absolute atomic E-state index is 0.239. The van der Waals surface area contributed by atoms with Crippen molar-refractivity contribution in [2.45, 2.75) is 37.7 Å². The molecule has 0 N–H and O–H groups in total. The lowest BCUT2D eigenvalue weighted by molar-refractivity contribution is -0.138. The van der Waals surface area contributed by atoms with Crippen molar-refractivity contribution >= 4 is 0 Å². The Labute approximate surface area is 181 Å². The number of ether oxygens (including phenoxy) is 2. The van der Waals surface area contributed by atoms with Gasteiger partial charge < -0.3 is 14.4 Å². The second kappa shape index (κ2) is 9.18. The van der Waals surface area contributed by atoms with Gasteiger partial charge in [0.05, 0.1) is 12.2 Å². The lowest BCUT2D eigenvalue weighted by atomic mass is 9.90. The van der Waals surface area contributed by atoms with Crippen LogP contribution in [0.25, 0.3) is 0 Å². The second-order valence-electron chi connectivity index (χ2n) is 8.53. The fourth-order valence-corrected chi connectivity index (χ4v) is 4.66.